The Balaban J connectivity index is 3.98. The van der Waals surface area contributed by atoms with Crippen LogP contribution in [-0.2, 0) is 4.79 Å². The molecule has 0 amide bonds. The number of hydrogen-bond donors (Lipinski definition) is 0. The van der Waals surface area contributed by atoms with Crippen LogP contribution in [-0.4, -0.2) is 6.29 Å². The highest BCUT2D eigenvalue weighted by molar-refractivity contribution is 5.72. The molecule has 1 nitrogen and oxygen atoms in total. The molecule has 0 saturated heterocycles. The fraction of sp³-hybridized carbons (Fsp3) is 0.444. The molecular formula is C9H14O. The molecule has 0 radical (unpaired) electrons. The Morgan fingerprint density at radius 1 is 1.50 bits per heavy atom. The zero-order chi connectivity index (χ0) is 7.98. The predicted octanol–water partition coefficient (Wildman–Crippen LogP) is 2.34. The van der Waals surface area contributed by atoms with E-state index in [9.17, 15) is 4.79 Å². The molecule has 0 unspecified atom stereocenters. The lowest BCUT2D eigenvalue weighted by Gasteiger charge is -1.96. The van der Waals surface area contributed by atoms with Crippen molar-refractivity contribution in [1.29, 1.82) is 0 Å². The molecule has 0 aliphatic carbocycles. The Hall–Kier alpha value is -0.850. The zero-order valence-corrected chi connectivity index (χ0v) is 6.79. The number of hydrogen-bond acceptors (Lipinski definition) is 1. The van der Waals surface area contributed by atoms with E-state index in [4.69, 9.17) is 0 Å². The van der Waals surface area contributed by atoms with Crippen LogP contribution in [0.2, 0.25) is 0 Å². The van der Waals surface area contributed by atoms with Crippen molar-refractivity contribution in [3.8, 4) is 0 Å². The average Bonchev–Trinajstić information content (AvgIpc) is 1.88. The normalized spacial score (nSPS) is 15.7. The molecule has 0 fully saturated rings. The summed E-state index contributed by atoms with van der Waals surface area (Å²) in [5.41, 5.74) is 0.797. The van der Waals surface area contributed by atoms with Gasteiger partial charge in [-0.1, -0.05) is 25.2 Å². The molecule has 10 heavy (non-hydrogen) atoms. The number of aldehydes is 1. The molecule has 1 atom stereocenters. The Bertz CT molecular complexity index is 154. The molecule has 0 aliphatic rings. The quantitative estimate of drug-likeness (QED) is 0.332. The maximum absolute atomic E-state index is 10.2. The number of allylic oxidation sites excluding steroid dienone is 4. The standard InChI is InChI=1S/C9H14O/c1-4-5-8(2)6-9(3)7-10/h4-8H,1-3H3/b5-4-,9-6+/t8-/m0/s1. The third-order valence-corrected chi connectivity index (χ3v) is 1.21. The molecule has 0 bridgehead atoms. The van der Waals surface area contributed by atoms with Crippen LogP contribution in [0.3, 0.4) is 0 Å². The van der Waals surface area contributed by atoms with Crippen molar-refractivity contribution in [2.45, 2.75) is 20.8 Å². The first-order valence-electron chi connectivity index (χ1n) is 3.47. The Kier molecular flexibility index (Phi) is 4.55. The first-order valence-corrected chi connectivity index (χ1v) is 3.47. The molecule has 0 heterocycles. The minimum atomic E-state index is 0.371. The molecule has 1 heteroatoms. The average molecular weight is 138 g/mol. The van der Waals surface area contributed by atoms with E-state index >= 15 is 0 Å². The fourth-order valence-electron chi connectivity index (χ4n) is 0.813. The Labute approximate surface area is 62.4 Å². The van der Waals surface area contributed by atoms with Gasteiger partial charge in [-0.15, -0.1) is 0 Å². The van der Waals surface area contributed by atoms with Gasteiger partial charge in [-0.3, -0.25) is 4.79 Å². The first-order chi connectivity index (χ1) is 4.70. The maximum Gasteiger partial charge on any atom is 0.145 e. The van der Waals surface area contributed by atoms with Crippen LogP contribution in [0.5, 0.6) is 0 Å². The summed E-state index contributed by atoms with van der Waals surface area (Å²) in [5.74, 6) is 0.371. The van der Waals surface area contributed by atoms with Gasteiger partial charge in [-0.2, -0.15) is 0 Å². The van der Waals surface area contributed by atoms with E-state index < -0.39 is 0 Å². The van der Waals surface area contributed by atoms with Gasteiger partial charge >= 0.3 is 0 Å². The highest BCUT2D eigenvalue weighted by Crippen LogP contribution is 2.01. The van der Waals surface area contributed by atoms with E-state index in [1.165, 1.54) is 0 Å². The smallest absolute Gasteiger partial charge is 0.145 e. The lowest BCUT2D eigenvalue weighted by Crippen LogP contribution is -1.85. The van der Waals surface area contributed by atoms with Crippen molar-refractivity contribution in [2.24, 2.45) is 5.92 Å². The highest BCUT2D eigenvalue weighted by atomic mass is 16.1. The van der Waals surface area contributed by atoms with Crippen LogP contribution in [0.4, 0.5) is 0 Å². The van der Waals surface area contributed by atoms with Gasteiger partial charge in [0.2, 0.25) is 0 Å². The summed E-state index contributed by atoms with van der Waals surface area (Å²) in [6.07, 6.45) is 6.85. The molecule has 0 aromatic heterocycles. The van der Waals surface area contributed by atoms with Gasteiger partial charge < -0.3 is 0 Å². The van der Waals surface area contributed by atoms with Crippen molar-refractivity contribution >= 4 is 6.29 Å². The van der Waals surface area contributed by atoms with E-state index in [1.807, 2.05) is 39.0 Å². The summed E-state index contributed by atoms with van der Waals surface area (Å²) in [4.78, 5) is 10.2. The fourth-order valence-corrected chi connectivity index (χ4v) is 0.813. The second-order valence-corrected chi connectivity index (χ2v) is 2.41. The first kappa shape index (κ1) is 9.15. The van der Waals surface area contributed by atoms with Gasteiger partial charge in [0.25, 0.3) is 0 Å². The number of carbonyl (C=O) groups is 1. The van der Waals surface area contributed by atoms with Crippen molar-refractivity contribution in [2.75, 3.05) is 0 Å². The Morgan fingerprint density at radius 3 is 2.50 bits per heavy atom. The van der Waals surface area contributed by atoms with E-state index in [0.717, 1.165) is 11.9 Å². The lowest BCUT2D eigenvalue weighted by molar-refractivity contribution is -0.104. The molecule has 0 rings (SSSR count). The molecule has 56 valence electrons. The third-order valence-electron chi connectivity index (χ3n) is 1.21. The Morgan fingerprint density at radius 2 is 2.10 bits per heavy atom. The second-order valence-electron chi connectivity index (χ2n) is 2.41. The molecule has 0 aromatic rings. The van der Waals surface area contributed by atoms with Crippen molar-refractivity contribution < 1.29 is 4.79 Å². The van der Waals surface area contributed by atoms with Gasteiger partial charge in [0.15, 0.2) is 0 Å². The predicted molar refractivity (Wildman–Crippen MR) is 43.8 cm³/mol. The van der Waals surface area contributed by atoms with Gasteiger partial charge in [0.1, 0.15) is 6.29 Å². The molecule has 0 saturated carbocycles. The van der Waals surface area contributed by atoms with Gasteiger partial charge in [0, 0.05) is 0 Å². The second kappa shape index (κ2) is 4.98. The monoisotopic (exact) mass is 138 g/mol. The van der Waals surface area contributed by atoms with Crippen molar-refractivity contribution in [3.05, 3.63) is 23.8 Å². The lowest BCUT2D eigenvalue weighted by atomic mass is 10.1. The van der Waals surface area contributed by atoms with E-state index in [-0.39, 0.29) is 0 Å². The minimum Gasteiger partial charge on any atom is -0.298 e. The summed E-state index contributed by atoms with van der Waals surface area (Å²) >= 11 is 0. The molecule has 0 aromatic carbocycles. The summed E-state index contributed by atoms with van der Waals surface area (Å²) in [6, 6.07) is 0. The SMILES string of the molecule is C/C=C\[C@H](C)/C=C(\C)C=O. The number of carbonyl (C=O) groups excluding carboxylic acids is 1. The van der Waals surface area contributed by atoms with Crippen molar-refractivity contribution in [1.82, 2.24) is 0 Å². The van der Waals surface area contributed by atoms with Gasteiger partial charge in [-0.25, -0.2) is 0 Å². The number of rotatable bonds is 3. The van der Waals surface area contributed by atoms with Crippen LogP contribution >= 0.6 is 0 Å². The summed E-state index contributed by atoms with van der Waals surface area (Å²) < 4.78 is 0. The van der Waals surface area contributed by atoms with E-state index in [2.05, 4.69) is 0 Å². The minimum absolute atomic E-state index is 0.371. The maximum atomic E-state index is 10.2. The summed E-state index contributed by atoms with van der Waals surface area (Å²) in [6.45, 7) is 5.83. The van der Waals surface area contributed by atoms with Crippen LogP contribution in [0.25, 0.3) is 0 Å². The topological polar surface area (TPSA) is 17.1 Å². The third kappa shape index (κ3) is 4.07. The van der Waals surface area contributed by atoms with E-state index in [1.54, 1.807) is 0 Å². The van der Waals surface area contributed by atoms with Crippen LogP contribution < -0.4 is 0 Å². The zero-order valence-electron chi connectivity index (χ0n) is 6.79. The van der Waals surface area contributed by atoms with Crippen molar-refractivity contribution in [3.63, 3.8) is 0 Å². The largest absolute Gasteiger partial charge is 0.298 e. The highest BCUT2D eigenvalue weighted by Gasteiger charge is 1.90. The molecule has 0 N–H and O–H groups in total. The van der Waals surface area contributed by atoms with Gasteiger partial charge in [0.05, 0.1) is 0 Å². The van der Waals surface area contributed by atoms with E-state index in [0.29, 0.717) is 5.92 Å². The summed E-state index contributed by atoms with van der Waals surface area (Å²) in [5, 5.41) is 0. The van der Waals surface area contributed by atoms with Crippen LogP contribution in [0, 0.1) is 5.92 Å². The van der Waals surface area contributed by atoms with Crippen LogP contribution in [0.15, 0.2) is 23.8 Å². The summed E-state index contributed by atoms with van der Waals surface area (Å²) in [7, 11) is 0. The van der Waals surface area contributed by atoms with Crippen LogP contribution in [0.1, 0.15) is 20.8 Å². The molecular weight excluding hydrogens is 124 g/mol. The molecule has 0 aliphatic heterocycles. The molecule has 0 spiro atoms. The van der Waals surface area contributed by atoms with Gasteiger partial charge in [-0.05, 0) is 25.3 Å².